The molecule has 220 valence electrons. The largest absolute Gasteiger partial charge is 0.435 e. The molecule has 3 fully saturated rings. The van der Waals surface area contributed by atoms with Crippen LogP contribution < -0.4 is 20.5 Å². The Labute approximate surface area is 238 Å². The Kier molecular flexibility index (Phi) is 9.03. The average Bonchev–Trinajstić information content (AvgIpc) is 3.56. The first-order valence-corrected chi connectivity index (χ1v) is 14.9. The molecule has 1 saturated heterocycles. The topological polar surface area (TPSA) is 115 Å². The van der Waals surface area contributed by atoms with Crippen LogP contribution in [0.4, 0.5) is 29.2 Å². The van der Waals surface area contributed by atoms with Crippen molar-refractivity contribution in [2.45, 2.75) is 51.1 Å². The number of alkyl halides is 1. The number of nitrogens with zero attached hydrogens (tertiary/aromatic N) is 3. The van der Waals surface area contributed by atoms with Crippen molar-refractivity contribution in [2.24, 2.45) is 11.3 Å². The Bertz CT molecular complexity index is 1400. The number of ether oxygens (including phenoxy) is 1. The van der Waals surface area contributed by atoms with Gasteiger partial charge in [-0.25, -0.2) is 32.3 Å². The van der Waals surface area contributed by atoms with Gasteiger partial charge >= 0.3 is 0 Å². The van der Waals surface area contributed by atoms with Gasteiger partial charge in [0, 0.05) is 30.8 Å². The van der Waals surface area contributed by atoms with Gasteiger partial charge in [-0.15, -0.1) is 0 Å². The van der Waals surface area contributed by atoms with Crippen LogP contribution in [-0.4, -0.2) is 44.2 Å². The SMILES string of the molecule is FC1CCCNC1.Nc1nccc(-c2cccnc2Oc2cc(F)c(NS(=O)CC34CCC(CC3)C4)c(F)c2F)n1. The Morgan fingerprint density at radius 3 is 2.56 bits per heavy atom. The van der Waals surface area contributed by atoms with Gasteiger partial charge in [0.2, 0.25) is 17.6 Å². The number of nitrogens with two attached hydrogens (primary N) is 1. The highest BCUT2D eigenvalue weighted by Gasteiger charge is 2.45. The second kappa shape index (κ2) is 12.7. The molecule has 1 aliphatic heterocycles. The Morgan fingerprint density at radius 2 is 1.93 bits per heavy atom. The van der Waals surface area contributed by atoms with Crippen molar-refractivity contribution in [3.63, 3.8) is 0 Å². The molecule has 6 rings (SSSR count). The highest BCUT2D eigenvalue weighted by molar-refractivity contribution is 7.86. The van der Waals surface area contributed by atoms with Gasteiger partial charge in [0.05, 0.1) is 11.3 Å². The van der Waals surface area contributed by atoms with Crippen molar-refractivity contribution in [3.05, 3.63) is 54.1 Å². The van der Waals surface area contributed by atoms with Gasteiger partial charge in [-0.05, 0) is 81.0 Å². The van der Waals surface area contributed by atoms with Crippen molar-refractivity contribution in [3.8, 4) is 22.9 Å². The molecule has 2 atom stereocenters. The van der Waals surface area contributed by atoms with E-state index in [0.29, 0.717) is 29.8 Å². The van der Waals surface area contributed by atoms with Crippen LogP contribution in [0.1, 0.15) is 44.9 Å². The number of hydrogen-bond donors (Lipinski definition) is 3. The van der Waals surface area contributed by atoms with Gasteiger partial charge in [-0.2, -0.15) is 4.39 Å². The summed E-state index contributed by atoms with van der Waals surface area (Å²) in [6.07, 6.45) is 9.08. The molecule has 2 saturated carbocycles. The monoisotopic (exact) mass is 592 g/mol. The molecule has 0 radical (unpaired) electrons. The molecule has 3 heterocycles. The number of anilines is 2. The molecular formula is C28H32F4N6O2S. The molecule has 1 aromatic carbocycles. The molecule has 8 nitrogen and oxygen atoms in total. The third kappa shape index (κ3) is 6.95. The predicted molar refractivity (Wildman–Crippen MR) is 149 cm³/mol. The van der Waals surface area contributed by atoms with Gasteiger partial charge in [0.15, 0.2) is 17.4 Å². The van der Waals surface area contributed by atoms with E-state index in [2.05, 4.69) is 25.0 Å². The smallest absolute Gasteiger partial charge is 0.228 e. The number of aromatic nitrogens is 3. The first kappa shape index (κ1) is 29.2. The predicted octanol–water partition coefficient (Wildman–Crippen LogP) is 5.69. The number of nitrogens with one attached hydrogen (secondary N) is 2. The zero-order valence-corrected chi connectivity index (χ0v) is 23.2. The van der Waals surface area contributed by atoms with Crippen LogP contribution >= 0.6 is 0 Å². The van der Waals surface area contributed by atoms with E-state index in [4.69, 9.17) is 10.5 Å². The van der Waals surface area contributed by atoms with Crippen LogP contribution in [0, 0.1) is 28.8 Å². The van der Waals surface area contributed by atoms with Crippen LogP contribution in [0.2, 0.25) is 0 Å². The summed E-state index contributed by atoms with van der Waals surface area (Å²) < 4.78 is 77.0. The molecule has 41 heavy (non-hydrogen) atoms. The standard InChI is InChI=1S/C23H22F3N5O2S.C5H10FN/c24-15-10-17(33-21-14(2-1-8-28-21)16-5-9-29-22(27)30-16)18(25)19(26)20(15)31-34(32)12-23-6-3-13(11-23)4-7-23;6-5-2-1-3-7-4-5/h1-2,5,8-10,13,31H,3-4,6-7,11-12H2,(H2,27,29,30);5,7H,1-4H2. The Balaban J connectivity index is 0.000000423. The highest BCUT2D eigenvalue weighted by atomic mass is 32.2. The summed E-state index contributed by atoms with van der Waals surface area (Å²) in [5, 5.41) is 2.96. The number of halogens is 4. The van der Waals surface area contributed by atoms with E-state index in [1.165, 1.54) is 18.5 Å². The summed E-state index contributed by atoms with van der Waals surface area (Å²) in [6.45, 7) is 1.57. The Morgan fingerprint density at radius 1 is 1.12 bits per heavy atom. The maximum atomic E-state index is 14.9. The number of nitrogen functional groups attached to an aromatic ring is 1. The lowest BCUT2D eigenvalue weighted by atomic mass is 9.87. The van der Waals surface area contributed by atoms with Crippen molar-refractivity contribution in [2.75, 3.05) is 29.3 Å². The minimum atomic E-state index is -1.75. The fourth-order valence-electron chi connectivity index (χ4n) is 5.79. The van der Waals surface area contributed by atoms with Crippen molar-refractivity contribution < 1.29 is 26.5 Å². The lowest BCUT2D eigenvalue weighted by Crippen LogP contribution is -2.30. The second-order valence-corrected chi connectivity index (χ2v) is 12.0. The summed E-state index contributed by atoms with van der Waals surface area (Å²) >= 11 is 0. The summed E-state index contributed by atoms with van der Waals surface area (Å²) in [5.41, 5.74) is 5.44. The third-order valence-electron chi connectivity index (χ3n) is 7.83. The number of hydrogen-bond acceptors (Lipinski definition) is 7. The molecule has 2 aliphatic carbocycles. The van der Waals surface area contributed by atoms with Crippen LogP contribution in [-0.2, 0) is 11.0 Å². The molecule has 0 amide bonds. The first-order chi connectivity index (χ1) is 19.7. The van der Waals surface area contributed by atoms with E-state index in [1.807, 2.05) is 0 Å². The van der Waals surface area contributed by atoms with E-state index < -0.39 is 46.0 Å². The number of benzene rings is 1. The van der Waals surface area contributed by atoms with E-state index in [0.717, 1.165) is 51.5 Å². The number of piperidine rings is 1. The minimum absolute atomic E-state index is 0.00395. The zero-order valence-electron chi connectivity index (χ0n) is 22.3. The number of fused-ring (bicyclic) bond motifs is 2. The van der Waals surface area contributed by atoms with Crippen LogP contribution in [0.25, 0.3) is 11.3 Å². The molecule has 4 N–H and O–H groups in total. The number of pyridine rings is 1. The maximum Gasteiger partial charge on any atom is 0.228 e. The summed E-state index contributed by atoms with van der Waals surface area (Å²) in [7, 11) is -1.75. The lowest BCUT2D eigenvalue weighted by molar-refractivity contribution is 0.266. The molecule has 0 spiro atoms. The van der Waals surface area contributed by atoms with Gasteiger partial charge in [0.1, 0.15) is 22.8 Å². The summed E-state index contributed by atoms with van der Waals surface area (Å²) in [4.78, 5) is 11.9. The van der Waals surface area contributed by atoms with Gasteiger partial charge in [0.25, 0.3) is 0 Å². The van der Waals surface area contributed by atoms with E-state index in [9.17, 15) is 21.8 Å². The normalized spacial score (nSPS) is 23.9. The Hall–Kier alpha value is -3.32. The molecule has 2 aromatic heterocycles. The van der Waals surface area contributed by atoms with Crippen LogP contribution in [0.5, 0.6) is 11.6 Å². The van der Waals surface area contributed by atoms with E-state index in [1.54, 1.807) is 12.1 Å². The first-order valence-electron chi connectivity index (χ1n) is 13.6. The number of rotatable bonds is 7. The third-order valence-corrected chi connectivity index (χ3v) is 9.14. The average molecular weight is 593 g/mol. The lowest BCUT2D eigenvalue weighted by Gasteiger charge is -2.25. The molecule has 13 heteroatoms. The van der Waals surface area contributed by atoms with E-state index in [-0.39, 0.29) is 23.0 Å². The van der Waals surface area contributed by atoms with Crippen molar-refractivity contribution in [1.29, 1.82) is 0 Å². The fourth-order valence-corrected chi connectivity index (χ4v) is 7.24. The molecule has 3 aliphatic rings. The molecule has 3 aromatic rings. The quantitative estimate of drug-likeness (QED) is 0.238. The molecule has 2 unspecified atom stereocenters. The molecule has 2 bridgehead atoms. The minimum Gasteiger partial charge on any atom is -0.435 e. The summed E-state index contributed by atoms with van der Waals surface area (Å²) in [6, 6.07) is 5.42. The van der Waals surface area contributed by atoms with Gasteiger partial charge < -0.3 is 15.8 Å². The van der Waals surface area contributed by atoms with Crippen LogP contribution in [0.15, 0.2) is 36.7 Å². The van der Waals surface area contributed by atoms with Crippen molar-refractivity contribution in [1.82, 2.24) is 20.3 Å². The maximum absolute atomic E-state index is 14.9. The van der Waals surface area contributed by atoms with E-state index >= 15 is 0 Å². The van der Waals surface area contributed by atoms with Gasteiger partial charge in [-0.1, -0.05) is 0 Å². The van der Waals surface area contributed by atoms with Crippen molar-refractivity contribution >= 4 is 22.6 Å². The molecular weight excluding hydrogens is 560 g/mol. The van der Waals surface area contributed by atoms with Gasteiger partial charge in [-0.3, -0.25) is 4.72 Å². The highest BCUT2D eigenvalue weighted by Crippen LogP contribution is 2.54. The summed E-state index contributed by atoms with van der Waals surface area (Å²) in [5.74, 6) is -3.97. The second-order valence-electron chi connectivity index (χ2n) is 10.8. The van der Waals surface area contributed by atoms with Crippen LogP contribution in [0.3, 0.4) is 0 Å². The zero-order chi connectivity index (χ0) is 29.0. The fraction of sp³-hybridized carbons (Fsp3) is 0.464.